The minimum absolute atomic E-state index is 0.714. The van der Waals surface area contributed by atoms with Crippen molar-refractivity contribution in [3.8, 4) is 0 Å². The van der Waals surface area contributed by atoms with Crippen LogP contribution in [0.25, 0.3) is 0 Å². The lowest BCUT2D eigenvalue weighted by molar-refractivity contribution is -0.389. The lowest BCUT2D eigenvalue weighted by Crippen LogP contribution is -2.71. The minimum atomic E-state index is -3.15. The highest BCUT2D eigenvalue weighted by molar-refractivity contribution is 5.76. The van der Waals surface area contributed by atoms with E-state index in [1.165, 1.54) is 6.92 Å². The smallest absolute Gasteiger partial charge is 0.364 e. The standard InChI is InChI=1S/C39H66N2O28/c1-11-22(51)26(55)30(17(8-44)61-11)66-37-28(57)34(31(60-4)19(10-46)64-37)67-35-21(41-13(3)48)25(54)29(18(9-45)63-35)65-36-27(56)33(24(53)16(7-43)62-36)69-39(38(58)59)5-14(49)20(40-12(2)47)32(68-39)23(52)15(50)6-42/h11,14-37,42-46,49-57H,5-10H2,1-4H3,(H,40,47)(H,41,48)(H,58,59)/t11-,14+,15?,16?,17?,18?,19?,20+,21-,22+,23?,24-,25?,26?,27-,28?,29+,30+,31-,32?,33?,34+,35-,36-,37-,39-/m0/s1. The van der Waals surface area contributed by atoms with Gasteiger partial charge in [-0.1, -0.05) is 0 Å². The largest absolute Gasteiger partial charge is 0.477 e. The van der Waals surface area contributed by atoms with E-state index < -0.39 is 216 Å². The molecule has 0 aromatic carbocycles. The first-order valence-corrected chi connectivity index (χ1v) is 21.9. The van der Waals surface area contributed by atoms with Crippen molar-refractivity contribution in [2.75, 3.05) is 40.1 Å². The van der Waals surface area contributed by atoms with Gasteiger partial charge in [-0.2, -0.15) is 0 Å². The summed E-state index contributed by atoms with van der Waals surface area (Å²) >= 11 is 0. The van der Waals surface area contributed by atoms with Crippen molar-refractivity contribution in [2.45, 2.75) is 186 Å². The molecular weight excluding hydrogens is 944 g/mol. The molecule has 26 atom stereocenters. The molecule has 5 saturated heterocycles. The number of aliphatic hydroxyl groups excluding tert-OH is 14. The first-order valence-electron chi connectivity index (χ1n) is 21.9. The van der Waals surface area contributed by atoms with Crippen LogP contribution in [0.4, 0.5) is 0 Å². The van der Waals surface area contributed by atoms with Crippen LogP contribution >= 0.6 is 0 Å². The third kappa shape index (κ3) is 12.3. The van der Waals surface area contributed by atoms with Gasteiger partial charge < -0.3 is 135 Å². The summed E-state index contributed by atoms with van der Waals surface area (Å²) in [5, 5.41) is 166. The fourth-order valence-corrected chi connectivity index (χ4v) is 9.01. The van der Waals surface area contributed by atoms with E-state index in [4.69, 9.17) is 47.4 Å². The molecule has 5 fully saturated rings. The number of carboxylic acids is 1. The van der Waals surface area contributed by atoms with E-state index in [2.05, 4.69) is 10.6 Å². The fraction of sp³-hybridized carbons (Fsp3) is 0.923. The summed E-state index contributed by atoms with van der Waals surface area (Å²) in [5.41, 5.74) is 0. The predicted molar refractivity (Wildman–Crippen MR) is 215 cm³/mol. The number of rotatable bonds is 19. The molecule has 0 aliphatic carbocycles. The summed E-state index contributed by atoms with van der Waals surface area (Å²) in [7, 11) is 1.15. The van der Waals surface area contributed by atoms with E-state index in [9.17, 15) is 91.0 Å². The Hall–Kier alpha value is -2.55. The topological polar surface area (TPSA) is 471 Å². The molecule has 5 heterocycles. The number of aliphatic hydroxyl groups is 14. The number of hydrogen-bond donors (Lipinski definition) is 17. The van der Waals surface area contributed by atoms with Gasteiger partial charge >= 0.3 is 5.97 Å². The summed E-state index contributed by atoms with van der Waals surface area (Å²) < 4.78 is 57.5. The molecule has 5 aliphatic heterocycles. The van der Waals surface area contributed by atoms with Crippen LogP contribution in [0, 0.1) is 0 Å². The average Bonchev–Trinajstić information content (AvgIpc) is 3.31. The zero-order chi connectivity index (χ0) is 51.4. The van der Waals surface area contributed by atoms with Gasteiger partial charge in [0.2, 0.25) is 11.8 Å². The second-order valence-electron chi connectivity index (χ2n) is 17.4. The van der Waals surface area contributed by atoms with E-state index in [1.54, 1.807) is 0 Å². The Kier molecular flexibility index (Phi) is 20.3. The van der Waals surface area contributed by atoms with E-state index in [0.717, 1.165) is 21.0 Å². The highest BCUT2D eigenvalue weighted by atomic mass is 16.8. The van der Waals surface area contributed by atoms with E-state index in [-0.39, 0.29) is 0 Å². The maximum atomic E-state index is 13.0. The first-order chi connectivity index (χ1) is 32.5. The average molecular weight is 1010 g/mol. The Morgan fingerprint density at radius 2 is 1.09 bits per heavy atom. The summed E-state index contributed by atoms with van der Waals surface area (Å²) in [5.74, 6) is -6.82. The maximum Gasteiger partial charge on any atom is 0.364 e. The zero-order valence-electron chi connectivity index (χ0n) is 37.7. The molecular formula is C39H66N2O28. The molecule has 2 amide bonds. The second-order valence-corrected chi connectivity index (χ2v) is 17.4. The third-order valence-electron chi connectivity index (χ3n) is 12.6. The molecule has 5 rings (SSSR count). The van der Waals surface area contributed by atoms with Gasteiger partial charge in [0.05, 0.1) is 51.3 Å². The number of amides is 2. The molecule has 11 unspecified atom stereocenters. The van der Waals surface area contributed by atoms with Crippen LogP contribution in [0.1, 0.15) is 27.2 Å². The molecule has 0 bridgehead atoms. The number of carbonyl (C=O) groups is 3. The van der Waals surface area contributed by atoms with E-state index in [0.29, 0.717) is 0 Å². The number of methoxy groups -OCH3 is 1. The number of hydrogen-bond acceptors (Lipinski definition) is 27. The van der Waals surface area contributed by atoms with Crippen molar-refractivity contribution in [3.63, 3.8) is 0 Å². The molecule has 30 nitrogen and oxygen atoms in total. The van der Waals surface area contributed by atoms with Crippen molar-refractivity contribution < 1.29 is 138 Å². The number of carbonyl (C=O) groups excluding carboxylic acids is 2. The van der Waals surface area contributed by atoms with Crippen LogP contribution in [0.3, 0.4) is 0 Å². The second kappa shape index (κ2) is 24.4. The first kappa shape index (κ1) is 57.4. The van der Waals surface area contributed by atoms with Gasteiger partial charge in [0.15, 0.2) is 18.9 Å². The summed E-state index contributed by atoms with van der Waals surface area (Å²) in [6.07, 6.45) is -42.8. The van der Waals surface area contributed by atoms with Crippen LogP contribution in [-0.2, 0) is 61.8 Å². The quantitative estimate of drug-likeness (QED) is 0.0571. The van der Waals surface area contributed by atoms with Crippen molar-refractivity contribution in [2.24, 2.45) is 0 Å². The SMILES string of the molecule is CO[C@H]1C(CO)O[C@@H](O[C@@H]2C(CO)O[C@@H](C)[C@@H](O)C2O)C(O)[C@H]1O[C@@H]1OC(CO)[C@@H](O[C@@H]2OC(CO)[C@H](O)C(O[C@]3(C(=O)O)C[C@@H](O)[C@@H](NC(C)=O)C(C(O)C(O)CO)O3)[C@@H]2O)C(O)[C@@H]1NC(C)=O. The third-order valence-corrected chi connectivity index (χ3v) is 12.6. The number of carboxylic acid groups (broad SMARTS) is 1. The van der Waals surface area contributed by atoms with Gasteiger partial charge in [0.1, 0.15) is 116 Å². The Morgan fingerprint density at radius 1 is 0.609 bits per heavy atom. The molecule has 0 radical (unpaired) electrons. The monoisotopic (exact) mass is 1010 g/mol. The predicted octanol–water partition coefficient (Wildman–Crippen LogP) is -10.7. The van der Waals surface area contributed by atoms with Gasteiger partial charge in [-0.15, -0.1) is 0 Å². The van der Waals surface area contributed by atoms with Crippen molar-refractivity contribution in [3.05, 3.63) is 0 Å². The highest BCUT2D eigenvalue weighted by Crippen LogP contribution is 2.39. The van der Waals surface area contributed by atoms with Crippen LogP contribution < -0.4 is 10.6 Å². The highest BCUT2D eigenvalue weighted by Gasteiger charge is 2.61. The van der Waals surface area contributed by atoms with Gasteiger partial charge in [-0.3, -0.25) is 9.59 Å². The number of aliphatic carboxylic acids is 1. The molecule has 0 saturated carbocycles. The maximum absolute atomic E-state index is 13.0. The van der Waals surface area contributed by atoms with Crippen LogP contribution in [0.5, 0.6) is 0 Å². The summed E-state index contributed by atoms with van der Waals surface area (Å²) in [4.78, 5) is 37.6. The molecule has 17 N–H and O–H groups in total. The summed E-state index contributed by atoms with van der Waals surface area (Å²) in [6, 6.07) is -3.37. The van der Waals surface area contributed by atoms with Crippen molar-refractivity contribution in [1.82, 2.24) is 10.6 Å². The van der Waals surface area contributed by atoms with E-state index >= 15 is 0 Å². The van der Waals surface area contributed by atoms with Crippen LogP contribution in [-0.4, -0.2) is 293 Å². The van der Waals surface area contributed by atoms with E-state index in [1.807, 2.05) is 0 Å². The fourth-order valence-electron chi connectivity index (χ4n) is 9.01. The lowest BCUT2D eigenvalue weighted by atomic mass is 9.88. The minimum Gasteiger partial charge on any atom is -0.477 e. The van der Waals surface area contributed by atoms with Crippen LogP contribution in [0.2, 0.25) is 0 Å². The zero-order valence-corrected chi connectivity index (χ0v) is 37.7. The number of ether oxygens (including phenoxy) is 10. The normalized spacial score (nSPS) is 46.1. The van der Waals surface area contributed by atoms with Crippen molar-refractivity contribution >= 4 is 17.8 Å². The Labute approximate surface area is 392 Å². The van der Waals surface area contributed by atoms with Crippen molar-refractivity contribution in [1.29, 1.82) is 0 Å². The Bertz CT molecular complexity index is 1670. The molecule has 5 aliphatic rings. The summed E-state index contributed by atoms with van der Waals surface area (Å²) in [6.45, 7) is -1.29. The molecule has 30 heteroatoms. The molecule has 0 spiro atoms. The molecule has 0 aromatic heterocycles. The van der Waals surface area contributed by atoms with Gasteiger partial charge in [0.25, 0.3) is 5.79 Å². The molecule has 69 heavy (non-hydrogen) atoms. The van der Waals surface area contributed by atoms with Gasteiger partial charge in [-0.05, 0) is 6.92 Å². The molecule has 0 aromatic rings. The Balaban J connectivity index is 1.42. The Morgan fingerprint density at radius 3 is 1.61 bits per heavy atom. The number of nitrogens with one attached hydrogen (secondary N) is 2. The molecule has 400 valence electrons. The van der Waals surface area contributed by atoms with Gasteiger partial charge in [-0.25, -0.2) is 4.79 Å². The van der Waals surface area contributed by atoms with Crippen LogP contribution in [0.15, 0.2) is 0 Å². The lowest BCUT2D eigenvalue weighted by Gasteiger charge is -2.51. The van der Waals surface area contributed by atoms with Gasteiger partial charge in [0, 0.05) is 27.4 Å².